The number of aryl methyl sites for hydroxylation is 1. The molecule has 1 aromatic carbocycles. The van der Waals surface area contributed by atoms with Gasteiger partial charge in [0.25, 0.3) is 0 Å². The van der Waals surface area contributed by atoms with Crippen LogP contribution >= 0.6 is 11.3 Å². The highest BCUT2D eigenvalue weighted by Crippen LogP contribution is 2.17. The molecule has 0 spiro atoms. The van der Waals surface area contributed by atoms with Gasteiger partial charge in [-0.15, -0.1) is 11.3 Å². The van der Waals surface area contributed by atoms with Gasteiger partial charge < -0.3 is 15.2 Å². The summed E-state index contributed by atoms with van der Waals surface area (Å²) in [5, 5.41) is 14.4. The number of benzene rings is 1. The van der Waals surface area contributed by atoms with Crippen LogP contribution in [0, 0.1) is 0 Å². The highest BCUT2D eigenvalue weighted by molar-refractivity contribution is 7.10. The van der Waals surface area contributed by atoms with E-state index in [-0.39, 0.29) is 5.56 Å². The van der Waals surface area contributed by atoms with Crippen LogP contribution in [0.3, 0.4) is 0 Å². The van der Waals surface area contributed by atoms with Crippen LogP contribution in [0.4, 0.5) is 0 Å². The van der Waals surface area contributed by atoms with Crippen molar-refractivity contribution in [3.63, 3.8) is 0 Å². The predicted octanol–water partition coefficient (Wildman–Crippen LogP) is 3.18. The Kier molecular flexibility index (Phi) is 5.78. The molecule has 1 aromatic heterocycles. The van der Waals surface area contributed by atoms with Crippen LogP contribution in [0.2, 0.25) is 0 Å². The van der Waals surface area contributed by atoms with Crippen LogP contribution in [-0.4, -0.2) is 24.2 Å². The fourth-order valence-corrected chi connectivity index (χ4v) is 2.94. The molecule has 0 amide bonds. The van der Waals surface area contributed by atoms with E-state index in [1.54, 1.807) is 29.5 Å². The summed E-state index contributed by atoms with van der Waals surface area (Å²) >= 11 is 1.77. The third-order valence-electron chi connectivity index (χ3n) is 3.13. The minimum atomic E-state index is -0.941. The van der Waals surface area contributed by atoms with E-state index in [4.69, 9.17) is 9.84 Å². The molecule has 1 heterocycles. The van der Waals surface area contributed by atoms with Gasteiger partial charge in [0.05, 0.1) is 5.56 Å². The molecule has 5 heteroatoms. The first kappa shape index (κ1) is 15.5. The van der Waals surface area contributed by atoms with E-state index in [0.717, 1.165) is 19.5 Å². The zero-order valence-electron chi connectivity index (χ0n) is 12.0. The molecule has 112 valence electrons. The Morgan fingerprint density at radius 3 is 3.00 bits per heavy atom. The fraction of sp³-hybridized carbons (Fsp3) is 0.312. The molecule has 0 aliphatic carbocycles. The number of hydrogen-bond acceptors (Lipinski definition) is 4. The summed E-state index contributed by atoms with van der Waals surface area (Å²) in [5.41, 5.74) is 1.63. The second-order valence-electron chi connectivity index (χ2n) is 4.58. The molecule has 2 rings (SSSR count). The third kappa shape index (κ3) is 4.58. The van der Waals surface area contributed by atoms with Crippen molar-refractivity contribution in [2.45, 2.75) is 19.9 Å². The fourth-order valence-electron chi connectivity index (χ4n) is 2.00. The number of carboxylic acid groups (broad SMARTS) is 1. The highest BCUT2D eigenvalue weighted by Gasteiger charge is 2.04. The number of rotatable bonds is 8. The SMILES string of the molecule is CCc1ccsc1CNCCOc1cccc(C(=O)O)c1. The Morgan fingerprint density at radius 2 is 2.24 bits per heavy atom. The normalized spacial score (nSPS) is 10.5. The molecule has 2 N–H and O–H groups in total. The molecule has 0 saturated heterocycles. The molecular formula is C16H19NO3S. The molecule has 0 atom stereocenters. The van der Waals surface area contributed by atoms with E-state index < -0.39 is 5.97 Å². The summed E-state index contributed by atoms with van der Waals surface area (Å²) in [4.78, 5) is 12.2. The number of nitrogens with one attached hydrogen (secondary N) is 1. The van der Waals surface area contributed by atoms with E-state index in [2.05, 4.69) is 23.7 Å². The molecular weight excluding hydrogens is 286 g/mol. The first-order valence-electron chi connectivity index (χ1n) is 6.93. The Balaban J connectivity index is 1.72. The van der Waals surface area contributed by atoms with Crippen molar-refractivity contribution in [3.8, 4) is 5.75 Å². The number of hydrogen-bond donors (Lipinski definition) is 2. The maximum Gasteiger partial charge on any atom is 0.335 e. The average molecular weight is 305 g/mol. The van der Waals surface area contributed by atoms with Gasteiger partial charge >= 0.3 is 5.97 Å². The number of carbonyl (C=O) groups is 1. The van der Waals surface area contributed by atoms with E-state index in [1.165, 1.54) is 16.5 Å². The number of ether oxygens (including phenoxy) is 1. The quantitative estimate of drug-likeness (QED) is 0.735. The molecule has 4 nitrogen and oxygen atoms in total. The second kappa shape index (κ2) is 7.81. The minimum absolute atomic E-state index is 0.242. The second-order valence-corrected chi connectivity index (χ2v) is 5.58. The lowest BCUT2D eigenvalue weighted by molar-refractivity contribution is 0.0696. The first-order chi connectivity index (χ1) is 10.2. The van der Waals surface area contributed by atoms with Crippen molar-refractivity contribution < 1.29 is 14.6 Å². The zero-order valence-corrected chi connectivity index (χ0v) is 12.8. The van der Waals surface area contributed by atoms with Crippen LogP contribution in [0.25, 0.3) is 0 Å². The Hall–Kier alpha value is -1.85. The lowest BCUT2D eigenvalue weighted by atomic mass is 10.2. The number of carboxylic acids is 1. The summed E-state index contributed by atoms with van der Waals surface area (Å²) in [5.74, 6) is -0.356. The Bertz CT molecular complexity index is 595. The van der Waals surface area contributed by atoms with Crippen molar-refractivity contribution in [1.82, 2.24) is 5.32 Å². The zero-order chi connectivity index (χ0) is 15.1. The van der Waals surface area contributed by atoms with Gasteiger partial charge in [-0.2, -0.15) is 0 Å². The lowest BCUT2D eigenvalue weighted by Gasteiger charge is -2.08. The van der Waals surface area contributed by atoms with Crippen LogP contribution in [0.15, 0.2) is 35.7 Å². The predicted molar refractivity (Wildman–Crippen MR) is 84.3 cm³/mol. The van der Waals surface area contributed by atoms with E-state index in [1.807, 2.05) is 0 Å². The molecule has 0 bridgehead atoms. The van der Waals surface area contributed by atoms with E-state index in [9.17, 15) is 4.79 Å². The van der Waals surface area contributed by atoms with Crippen molar-refractivity contribution in [2.24, 2.45) is 0 Å². The van der Waals surface area contributed by atoms with Gasteiger partial charge in [0.1, 0.15) is 12.4 Å². The Labute approximate surface area is 128 Å². The van der Waals surface area contributed by atoms with Crippen molar-refractivity contribution in [3.05, 3.63) is 51.7 Å². The van der Waals surface area contributed by atoms with Gasteiger partial charge in [-0.3, -0.25) is 0 Å². The van der Waals surface area contributed by atoms with Crippen LogP contribution < -0.4 is 10.1 Å². The maximum absolute atomic E-state index is 10.9. The van der Waals surface area contributed by atoms with Crippen molar-refractivity contribution >= 4 is 17.3 Å². The monoisotopic (exact) mass is 305 g/mol. The summed E-state index contributed by atoms with van der Waals surface area (Å²) < 4.78 is 5.55. The molecule has 0 radical (unpaired) electrons. The maximum atomic E-state index is 10.9. The molecule has 0 saturated carbocycles. The number of thiophene rings is 1. The minimum Gasteiger partial charge on any atom is -0.492 e. The summed E-state index contributed by atoms with van der Waals surface area (Å²) in [6, 6.07) is 8.70. The van der Waals surface area contributed by atoms with Gasteiger partial charge in [0.15, 0.2) is 0 Å². The summed E-state index contributed by atoms with van der Waals surface area (Å²) in [6.45, 7) is 4.23. The van der Waals surface area contributed by atoms with Gasteiger partial charge in [-0.1, -0.05) is 13.0 Å². The molecule has 21 heavy (non-hydrogen) atoms. The van der Waals surface area contributed by atoms with Crippen molar-refractivity contribution in [2.75, 3.05) is 13.2 Å². The molecule has 2 aromatic rings. The lowest BCUT2D eigenvalue weighted by Crippen LogP contribution is -2.20. The van der Waals surface area contributed by atoms with Crippen LogP contribution in [0.1, 0.15) is 27.7 Å². The standard InChI is InChI=1S/C16H19NO3S/c1-2-12-6-9-21-15(12)11-17-7-8-20-14-5-3-4-13(10-14)16(18)19/h3-6,9-10,17H,2,7-8,11H2,1H3,(H,18,19). The van der Waals surface area contributed by atoms with Gasteiger partial charge in [-0.25, -0.2) is 4.79 Å². The average Bonchev–Trinajstić information content (AvgIpc) is 2.94. The third-order valence-corrected chi connectivity index (χ3v) is 4.10. The van der Waals surface area contributed by atoms with E-state index >= 15 is 0 Å². The highest BCUT2D eigenvalue weighted by atomic mass is 32.1. The summed E-state index contributed by atoms with van der Waals surface area (Å²) in [6.07, 6.45) is 1.05. The Morgan fingerprint density at radius 1 is 1.38 bits per heavy atom. The first-order valence-corrected chi connectivity index (χ1v) is 7.80. The topological polar surface area (TPSA) is 58.6 Å². The van der Waals surface area contributed by atoms with Gasteiger partial charge in [0.2, 0.25) is 0 Å². The number of aromatic carboxylic acids is 1. The van der Waals surface area contributed by atoms with Crippen molar-refractivity contribution in [1.29, 1.82) is 0 Å². The molecule has 0 fully saturated rings. The molecule has 0 unspecified atom stereocenters. The molecule has 0 aliphatic rings. The van der Waals surface area contributed by atoms with Gasteiger partial charge in [0, 0.05) is 18.0 Å². The van der Waals surface area contributed by atoms with Crippen LogP contribution in [-0.2, 0) is 13.0 Å². The van der Waals surface area contributed by atoms with Gasteiger partial charge in [-0.05, 0) is 41.6 Å². The van der Waals surface area contributed by atoms with E-state index in [0.29, 0.717) is 12.4 Å². The largest absolute Gasteiger partial charge is 0.492 e. The smallest absolute Gasteiger partial charge is 0.335 e. The van der Waals surface area contributed by atoms with Crippen LogP contribution in [0.5, 0.6) is 5.75 Å². The summed E-state index contributed by atoms with van der Waals surface area (Å²) in [7, 11) is 0. The molecule has 0 aliphatic heterocycles.